The molecule has 0 saturated carbocycles. The summed E-state index contributed by atoms with van der Waals surface area (Å²) in [5.74, 6) is 0. The fourth-order valence-corrected chi connectivity index (χ4v) is 0. The predicted octanol–water partition coefficient (Wildman–Crippen LogP) is 0.143. The summed E-state index contributed by atoms with van der Waals surface area (Å²) in [5.41, 5.74) is 4.85. The van der Waals surface area contributed by atoms with Crippen molar-refractivity contribution < 1.29 is 0 Å². The molecule has 0 saturated heterocycles. The zero-order chi connectivity index (χ0) is 6.28. The first-order chi connectivity index (χ1) is 3.15. The molecule has 2 nitrogen and oxygen atoms in total. The molecule has 0 spiro atoms. The van der Waals surface area contributed by atoms with Crippen molar-refractivity contribution in [1.29, 1.82) is 0 Å². The highest BCUT2D eigenvalue weighted by Crippen LogP contribution is 1.47. The maximum atomic E-state index is 4.85. The van der Waals surface area contributed by atoms with Crippen molar-refractivity contribution in [2.24, 2.45) is 5.73 Å². The van der Waals surface area contributed by atoms with Gasteiger partial charge in [-0.05, 0) is 27.7 Å². The van der Waals surface area contributed by atoms with E-state index in [2.05, 4.69) is 0 Å². The standard InChI is InChI=1S/C3H9N.C2H7N/c1-4(2)3;1-2-3/h1-3H3;2-3H2,1H3. The Kier molecular flexibility index (Phi) is 13.3. The molecule has 7 heavy (non-hydrogen) atoms. The van der Waals surface area contributed by atoms with Gasteiger partial charge < -0.3 is 10.6 Å². The number of nitrogens with zero attached hydrogens (tertiary/aromatic N) is 1. The molecule has 0 unspecified atom stereocenters. The summed E-state index contributed by atoms with van der Waals surface area (Å²) in [7, 11) is 6.00. The van der Waals surface area contributed by atoms with Gasteiger partial charge in [0.15, 0.2) is 0 Å². The molecule has 46 valence electrons. The third-order valence-corrected chi connectivity index (χ3v) is 0. The van der Waals surface area contributed by atoms with E-state index in [0.29, 0.717) is 0 Å². The lowest BCUT2D eigenvalue weighted by molar-refractivity contribution is 0.505. The van der Waals surface area contributed by atoms with Gasteiger partial charge in [-0.15, -0.1) is 0 Å². The molecular weight excluding hydrogens is 88.1 g/mol. The molecule has 0 aromatic rings. The second kappa shape index (κ2) is 9.33. The van der Waals surface area contributed by atoms with E-state index in [4.69, 9.17) is 5.73 Å². The van der Waals surface area contributed by atoms with Crippen LogP contribution in [-0.4, -0.2) is 32.6 Å². The van der Waals surface area contributed by atoms with Gasteiger partial charge in [-0.2, -0.15) is 0 Å². The van der Waals surface area contributed by atoms with Crippen LogP contribution in [0.4, 0.5) is 0 Å². The van der Waals surface area contributed by atoms with Crippen LogP contribution in [0.5, 0.6) is 0 Å². The zero-order valence-electron chi connectivity index (χ0n) is 5.73. The topological polar surface area (TPSA) is 29.3 Å². The summed E-state index contributed by atoms with van der Waals surface area (Å²) in [6.07, 6.45) is 0. The lowest BCUT2D eigenvalue weighted by Gasteiger charge is -1.90. The van der Waals surface area contributed by atoms with Gasteiger partial charge in [0.1, 0.15) is 0 Å². The zero-order valence-corrected chi connectivity index (χ0v) is 5.73. The van der Waals surface area contributed by atoms with Crippen LogP contribution in [0.1, 0.15) is 6.92 Å². The molecule has 0 aliphatic heterocycles. The molecule has 0 bridgehead atoms. The van der Waals surface area contributed by atoms with Gasteiger partial charge in [0.05, 0.1) is 0 Å². The van der Waals surface area contributed by atoms with Gasteiger partial charge in [-0.3, -0.25) is 0 Å². The van der Waals surface area contributed by atoms with E-state index < -0.39 is 0 Å². The summed E-state index contributed by atoms with van der Waals surface area (Å²) in [5, 5.41) is 0. The molecule has 0 rings (SSSR count). The molecule has 0 radical (unpaired) electrons. The lowest BCUT2D eigenvalue weighted by Crippen LogP contribution is -1.99. The highest BCUT2D eigenvalue weighted by atomic mass is 15.0. The molecule has 2 N–H and O–H groups in total. The third-order valence-electron chi connectivity index (χ3n) is 0. The third kappa shape index (κ3) is 14200. The maximum Gasteiger partial charge on any atom is -0.0106 e. The minimum absolute atomic E-state index is 0.750. The second-order valence-electron chi connectivity index (χ2n) is 1.75. The van der Waals surface area contributed by atoms with E-state index in [-0.39, 0.29) is 0 Å². The molecule has 0 aromatic heterocycles. The molecule has 0 atom stereocenters. The Labute approximate surface area is 46.3 Å². The van der Waals surface area contributed by atoms with Gasteiger partial charge in [0.2, 0.25) is 0 Å². The van der Waals surface area contributed by atoms with Crippen LogP contribution in [-0.2, 0) is 0 Å². The quantitative estimate of drug-likeness (QED) is 0.474. The van der Waals surface area contributed by atoms with E-state index in [0.717, 1.165) is 6.54 Å². The number of hydrogen-bond donors (Lipinski definition) is 1. The van der Waals surface area contributed by atoms with Crippen LogP contribution < -0.4 is 5.73 Å². The van der Waals surface area contributed by atoms with Crippen LogP contribution in [0.25, 0.3) is 0 Å². The highest BCUT2D eigenvalue weighted by molar-refractivity contribution is 4.09. The average Bonchev–Trinajstić information content (AvgIpc) is 1.33. The van der Waals surface area contributed by atoms with Crippen molar-refractivity contribution in [1.82, 2.24) is 4.90 Å². The molecule has 0 aliphatic carbocycles. The van der Waals surface area contributed by atoms with Crippen LogP contribution in [0.2, 0.25) is 0 Å². The van der Waals surface area contributed by atoms with Crippen LogP contribution in [0.3, 0.4) is 0 Å². The normalized spacial score (nSPS) is 7.71. The first kappa shape index (κ1) is 10.0. The van der Waals surface area contributed by atoms with E-state index in [1.54, 1.807) is 0 Å². The van der Waals surface area contributed by atoms with Crippen LogP contribution >= 0.6 is 0 Å². The summed E-state index contributed by atoms with van der Waals surface area (Å²) >= 11 is 0. The van der Waals surface area contributed by atoms with Crippen molar-refractivity contribution >= 4 is 0 Å². The molecule has 2 heteroatoms. The van der Waals surface area contributed by atoms with Gasteiger partial charge in [-0.1, -0.05) is 6.92 Å². The monoisotopic (exact) mass is 104 g/mol. The van der Waals surface area contributed by atoms with Gasteiger partial charge in [-0.25, -0.2) is 0 Å². The Balaban J connectivity index is 0. The molecular formula is C5H16N2. The first-order valence-electron chi connectivity index (χ1n) is 2.46. The SMILES string of the molecule is CCN.CN(C)C. The van der Waals surface area contributed by atoms with Crippen LogP contribution in [0, 0.1) is 0 Å². The number of rotatable bonds is 0. The van der Waals surface area contributed by atoms with Crippen molar-refractivity contribution in [3.8, 4) is 0 Å². The largest absolute Gasteiger partial charge is 0.331 e. The van der Waals surface area contributed by atoms with Gasteiger partial charge in [0, 0.05) is 0 Å². The molecule has 0 fully saturated rings. The van der Waals surface area contributed by atoms with Crippen molar-refractivity contribution in [3.05, 3.63) is 0 Å². The lowest BCUT2D eigenvalue weighted by atomic mass is 10.8. The van der Waals surface area contributed by atoms with E-state index in [1.807, 2.05) is 33.0 Å². The van der Waals surface area contributed by atoms with E-state index in [9.17, 15) is 0 Å². The first-order valence-corrected chi connectivity index (χ1v) is 2.46. The van der Waals surface area contributed by atoms with E-state index in [1.165, 1.54) is 0 Å². The number of nitrogens with two attached hydrogens (primary N) is 1. The minimum atomic E-state index is 0.750. The Morgan fingerprint density at radius 2 is 1.29 bits per heavy atom. The average molecular weight is 104 g/mol. The highest BCUT2D eigenvalue weighted by Gasteiger charge is 1.58. The van der Waals surface area contributed by atoms with Gasteiger partial charge >= 0.3 is 0 Å². The number of hydrogen-bond acceptors (Lipinski definition) is 2. The summed E-state index contributed by atoms with van der Waals surface area (Å²) in [4.78, 5) is 2.00. The summed E-state index contributed by atoms with van der Waals surface area (Å²) < 4.78 is 0. The van der Waals surface area contributed by atoms with Crippen LogP contribution in [0.15, 0.2) is 0 Å². The minimum Gasteiger partial charge on any atom is -0.331 e. The fourth-order valence-electron chi connectivity index (χ4n) is 0. The van der Waals surface area contributed by atoms with Crippen molar-refractivity contribution in [2.45, 2.75) is 6.92 Å². The molecule has 0 aromatic carbocycles. The summed E-state index contributed by atoms with van der Waals surface area (Å²) in [6.45, 7) is 2.65. The fraction of sp³-hybridized carbons (Fsp3) is 1.00. The van der Waals surface area contributed by atoms with Crippen molar-refractivity contribution in [2.75, 3.05) is 27.7 Å². The molecule has 0 amide bonds. The molecule has 0 heterocycles. The Morgan fingerprint density at radius 1 is 1.29 bits per heavy atom. The van der Waals surface area contributed by atoms with Crippen molar-refractivity contribution in [3.63, 3.8) is 0 Å². The smallest absolute Gasteiger partial charge is 0.0106 e. The Bertz CT molecular complexity index is 17.3. The predicted molar refractivity (Wildman–Crippen MR) is 34.3 cm³/mol. The molecule has 0 aliphatic rings. The maximum absolute atomic E-state index is 4.85. The van der Waals surface area contributed by atoms with Gasteiger partial charge in [0.25, 0.3) is 0 Å². The second-order valence-corrected chi connectivity index (χ2v) is 1.75. The Hall–Kier alpha value is -0.0800. The van der Waals surface area contributed by atoms with E-state index >= 15 is 0 Å². The summed E-state index contributed by atoms with van der Waals surface area (Å²) in [6, 6.07) is 0. The Morgan fingerprint density at radius 3 is 1.29 bits per heavy atom.